The first kappa shape index (κ1) is 16.8. The summed E-state index contributed by atoms with van der Waals surface area (Å²) < 4.78 is 2.63. The zero-order valence-electron chi connectivity index (χ0n) is 13.4. The van der Waals surface area contributed by atoms with Gasteiger partial charge in [0.2, 0.25) is 0 Å². The van der Waals surface area contributed by atoms with Gasteiger partial charge in [0.25, 0.3) is 5.91 Å². The molecule has 130 valence electrons. The third-order valence-electron chi connectivity index (χ3n) is 4.04. The molecule has 0 unspecified atom stereocenters. The topological polar surface area (TPSA) is 89.6 Å². The predicted molar refractivity (Wildman–Crippen MR) is 104 cm³/mol. The van der Waals surface area contributed by atoms with Crippen molar-refractivity contribution in [1.82, 2.24) is 19.7 Å². The van der Waals surface area contributed by atoms with Crippen LogP contribution in [-0.4, -0.2) is 25.7 Å². The van der Waals surface area contributed by atoms with Crippen LogP contribution in [0.3, 0.4) is 0 Å². The number of fused-ring (bicyclic) bond motifs is 1. The lowest BCUT2D eigenvalue weighted by Gasteiger charge is -2.06. The number of carbonyl (C=O) groups is 1. The molecule has 0 aliphatic carbocycles. The van der Waals surface area contributed by atoms with E-state index in [9.17, 15) is 4.79 Å². The molecule has 2 heterocycles. The van der Waals surface area contributed by atoms with Gasteiger partial charge in [0.05, 0.1) is 28.3 Å². The summed E-state index contributed by atoms with van der Waals surface area (Å²) in [5, 5.41) is 5.11. The Morgan fingerprint density at radius 3 is 2.73 bits per heavy atom. The molecule has 4 rings (SSSR count). The third kappa shape index (κ3) is 3.00. The van der Waals surface area contributed by atoms with Crippen molar-refractivity contribution in [2.75, 3.05) is 0 Å². The molecular weight excluding hydrogens is 418 g/mol. The highest BCUT2D eigenvalue weighted by atomic mass is 79.9. The molecule has 26 heavy (non-hydrogen) atoms. The highest BCUT2D eigenvalue weighted by Crippen LogP contribution is 2.29. The molecule has 4 aromatic rings. The highest BCUT2D eigenvalue weighted by Gasteiger charge is 2.18. The van der Waals surface area contributed by atoms with Crippen LogP contribution in [-0.2, 0) is 6.54 Å². The van der Waals surface area contributed by atoms with E-state index in [2.05, 4.69) is 31.0 Å². The van der Waals surface area contributed by atoms with Crippen molar-refractivity contribution in [3.8, 4) is 11.5 Å². The SMILES string of the molecule is NC(=O)c1cccc2[nH]c(-c3c(Br)cnn3Cc3ccc(Cl)cc3)nc12. The van der Waals surface area contributed by atoms with Gasteiger partial charge in [-0.2, -0.15) is 5.10 Å². The summed E-state index contributed by atoms with van der Waals surface area (Å²) in [7, 11) is 0. The molecule has 2 aromatic carbocycles. The molecule has 0 fully saturated rings. The second kappa shape index (κ2) is 6.59. The number of hydrogen-bond donors (Lipinski definition) is 2. The van der Waals surface area contributed by atoms with E-state index < -0.39 is 5.91 Å². The molecule has 0 atom stereocenters. The maximum atomic E-state index is 11.6. The number of carbonyl (C=O) groups excluding carboxylic acids is 1. The molecule has 0 radical (unpaired) electrons. The van der Waals surface area contributed by atoms with Gasteiger partial charge in [0.1, 0.15) is 11.2 Å². The number of benzene rings is 2. The predicted octanol–water partition coefficient (Wildman–Crippen LogP) is 3.99. The normalized spacial score (nSPS) is 11.2. The summed E-state index contributed by atoms with van der Waals surface area (Å²) in [6, 6.07) is 12.9. The van der Waals surface area contributed by atoms with Crippen LogP contribution in [0, 0.1) is 0 Å². The molecule has 0 bridgehead atoms. The number of nitrogens with two attached hydrogens (primary N) is 1. The summed E-state index contributed by atoms with van der Waals surface area (Å²) >= 11 is 9.48. The van der Waals surface area contributed by atoms with Gasteiger partial charge >= 0.3 is 0 Å². The van der Waals surface area contributed by atoms with Gasteiger partial charge in [-0.3, -0.25) is 9.48 Å². The first-order chi connectivity index (χ1) is 12.5. The Hall–Kier alpha value is -2.64. The molecule has 2 aromatic heterocycles. The molecular formula is C18H13BrClN5O. The molecule has 8 heteroatoms. The van der Waals surface area contributed by atoms with E-state index in [1.54, 1.807) is 18.3 Å². The van der Waals surface area contributed by atoms with Crippen LogP contribution in [0.4, 0.5) is 0 Å². The van der Waals surface area contributed by atoms with E-state index in [1.807, 2.05) is 35.0 Å². The van der Waals surface area contributed by atoms with Crippen molar-refractivity contribution in [3.63, 3.8) is 0 Å². The summed E-state index contributed by atoms with van der Waals surface area (Å²) in [6.45, 7) is 0.553. The van der Waals surface area contributed by atoms with E-state index in [4.69, 9.17) is 17.3 Å². The first-order valence-corrected chi connectivity index (χ1v) is 8.94. The lowest BCUT2D eigenvalue weighted by Crippen LogP contribution is -2.11. The summed E-state index contributed by atoms with van der Waals surface area (Å²) in [4.78, 5) is 19.5. The Kier molecular flexibility index (Phi) is 4.26. The number of aromatic nitrogens is 4. The average molecular weight is 431 g/mol. The fraction of sp³-hybridized carbons (Fsp3) is 0.0556. The van der Waals surface area contributed by atoms with E-state index in [1.165, 1.54) is 0 Å². The second-order valence-corrected chi connectivity index (χ2v) is 7.07. The average Bonchev–Trinajstić information content (AvgIpc) is 3.19. The second-order valence-electron chi connectivity index (χ2n) is 5.78. The minimum atomic E-state index is -0.512. The van der Waals surface area contributed by atoms with Crippen molar-refractivity contribution >= 4 is 44.5 Å². The van der Waals surface area contributed by atoms with Crippen LogP contribution in [0.5, 0.6) is 0 Å². The Labute approximate surface area is 162 Å². The Bertz CT molecular complexity index is 1120. The number of primary amides is 1. The van der Waals surface area contributed by atoms with Crippen molar-refractivity contribution in [1.29, 1.82) is 0 Å². The molecule has 0 saturated heterocycles. The number of hydrogen-bond acceptors (Lipinski definition) is 3. The first-order valence-electron chi connectivity index (χ1n) is 7.77. The Morgan fingerprint density at radius 1 is 1.23 bits per heavy atom. The number of para-hydroxylation sites is 1. The Morgan fingerprint density at radius 2 is 2.00 bits per heavy atom. The van der Waals surface area contributed by atoms with Gasteiger partial charge in [-0.15, -0.1) is 0 Å². The van der Waals surface area contributed by atoms with Crippen molar-refractivity contribution in [2.24, 2.45) is 5.73 Å². The van der Waals surface area contributed by atoms with Gasteiger partial charge in [0, 0.05) is 5.02 Å². The van der Waals surface area contributed by atoms with Crippen LogP contribution in [0.1, 0.15) is 15.9 Å². The van der Waals surface area contributed by atoms with Crippen molar-refractivity contribution in [2.45, 2.75) is 6.54 Å². The summed E-state index contributed by atoms with van der Waals surface area (Å²) in [5.74, 6) is 0.0921. The third-order valence-corrected chi connectivity index (χ3v) is 4.88. The fourth-order valence-electron chi connectivity index (χ4n) is 2.82. The smallest absolute Gasteiger partial charge is 0.250 e. The number of H-pyrrole nitrogens is 1. The van der Waals surface area contributed by atoms with Gasteiger partial charge in [-0.1, -0.05) is 29.8 Å². The van der Waals surface area contributed by atoms with Crippen LogP contribution in [0.15, 0.2) is 53.1 Å². The number of nitrogens with one attached hydrogen (secondary N) is 1. The summed E-state index contributed by atoms with van der Waals surface area (Å²) in [6.07, 6.45) is 1.72. The minimum Gasteiger partial charge on any atom is -0.366 e. The van der Waals surface area contributed by atoms with Gasteiger partial charge < -0.3 is 10.7 Å². The zero-order valence-corrected chi connectivity index (χ0v) is 15.8. The van der Waals surface area contributed by atoms with E-state index >= 15 is 0 Å². The molecule has 0 saturated carbocycles. The number of rotatable bonds is 4. The van der Waals surface area contributed by atoms with Crippen LogP contribution in [0.2, 0.25) is 5.02 Å². The summed E-state index contributed by atoms with van der Waals surface area (Å²) in [5.41, 5.74) is 8.95. The fourth-order valence-corrected chi connectivity index (χ4v) is 3.43. The number of halogens is 2. The standard InChI is InChI=1S/C18H13BrClN5O/c19-13-8-22-25(9-10-4-6-11(20)7-5-10)16(13)18-23-14-3-1-2-12(17(21)26)15(14)24-18/h1-8H,9H2,(H2,21,26)(H,23,24). The molecule has 0 spiro atoms. The number of nitrogens with zero attached hydrogens (tertiary/aromatic N) is 3. The highest BCUT2D eigenvalue weighted by molar-refractivity contribution is 9.10. The quantitative estimate of drug-likeness (QED) is 0.513. The van der Waals surface area contributed by atoms with Gasteiger partial charge in [-0.05, 0) is 45.8 Å². The molecule has 1 amide bonds. The number of amides is 1. The van der Waals surface area contributed by atoms with Crippen LogP contribution >= 0.6 is 27.5 Å². The largest absolute Gasteiger partial charge is 0.366 e. The number of aromatic amines is 1. The van der Waals surface area contributed by atoms with Gasteiger partial charge in [0.15, 0.2) is 5.82 Å². The lowest BCUT2D eigenvalue weighted by atomic mass is 10.2. The van der Waals surface area contributed by atoms with E-state index in [0.29, 0.717) is 28.5 Å². The van der Waals surface area contributed by atoms with Crippen LogP contribution < -0.4 is 5.73 Å². The van der Waals surface area contributed by atoms with E-state index in [-0.39, 0.29) is 0 Å². The molecule has 0 aliphatic heterocycles. The van der Waals surface area contributed by atoms with Gasteiger partial charge in [-0.25, -0.2) is 4.98 Å². The minimum absolute atomic E-state index is 0.380. The zero-order chi connectivity index (χ0) is 18.3. The Balaban J connectivity index is 1.80. The van der Waals surface area contributed by atoms with Crippen LogP contribution in [0.25, 0.3) is 22.6 Å². The monoisotopic (exact) mass is 429 g/mol. The van der Waals surface area contributed by atoms with Crippen molar-refractivity contribution < 1.29 is 4.79 Å². The van der Waals surface area contributed by atoms with Crippen molar-refractivity contribution in [3.05, 3.63) is 69.3 Å². The maximum Gasteiger partial charge on any atom is 0.250 e. The molecule has 0 aliphatic rings. The molecule has 3 N–H and O–H groups in total. The van der Waals surface area contributed by atoms with E-state index in [0.717, 1.165) is 21.2 Å². The molecule has 6 nitrogen and oxygen atoms in total. The lowest BCUT2D eigenvalue weighted by molar-refractivity contribution is 0.100. The maximum absolute atomic E-state index is 11.6. The number of imidazole rings is 1.